The lowest BCUT2D eigenvalue weighted by atomic mass is 10.1. The van der Waals surface area contributed by atoms with Gasteiger partial charge < -0.3 is 9.64 Å². The Hall–Kier alpha value is -1.66. The van der Waals surface area contributed by atoms with Crippen molar-refractivity contribution in [1.82, 2.24) is 14.7 Å². The number of benzene rings is 1. The molecule has 0 atom stereocenters. The lowest BCUT2D eigenvalue weighted by Crippen LogP contribution is -2.31. The summed E-state index contributed by atoms with van der Waals surface area (Å²) in [7, 11) is 2.13. The third-order valence-corrected chi connectivity index (χ3v) is 5.00. The van der Waals surface area contributed by atoms with Crippen LogP contribution < -0.4 is 4.74 Å². The van der Waals surface area contributed by atoms with Gasteiger partial charge in [0.1, 0.15) is 12.4 Å². The first-order chi connectivity index (χ1) is 11.6. The van der Waals surface area contributed by atoms with E-state index in [4.69, 9.17) is 10.00 Å². The van der Waals surface area contributed by atoms with E-state index in [0.29, 0.717) is 23.0 Å². The Morgan fingerprint density at radius 2 is 2.17 bits per heavy atom. The van der Waals surface area contributed by atoms with Gasteiger partial charge in [-0.25, -0.2) is 4.39 Å². The third kappa shape index (κ3) is 3.87. The summed E-state index contributed by atoms with van der Waals surface area (Å²) in [4.78, 5) is 2.32. The van der Waals surface area contributed by atoms with Crippen molar-refractivity contribution in [3.8, 4) is 11.9 Å². The molecule has 1 aliphatic heterocycles. The molecular weight excluding hydrogens is 422 g/mol. The van der Waals surface area contributed by atoms with Crippen LogP contribution in [0, 0.1) is 20.7 Å². The average molecular weight is 440 g/mol. The molecule has 1 saturated heterocycles. The van der Waals surface area contributed by atoms with Crippen LogP contribution in [0.5, 0.6) is 5.88 Å². The van der Waals surface area contributed by atoms with Crippen molar-refractivity contribution < 1.29 is 9.13 Å². The predicted octanol–water partition coefficient (Wildman–Crippen LogP) is 3.34. The summed E-state index contributed by atoms with van der Waals surface area (Å²) >= 11 is 2.19. The molecule has 0 amide bonds. The van der Waals surface area contributed by atoms with E-state index < -0.39 is 5.82 Å². The highest BCUT2D eigenvalue weighted by Gasteiger charge is 2.21. The van der Waals surface area contributed by atoms with Crippen LogP contribution >= 0.6 is 22.6 Å². The fourth-order valence-electron chi connectivity index (χ4n) is 2.78. The van der Waals surface area contributed by atoms with E-state index in [2.05, 4.69) is 39.6 Å². The summed E-state index contributed by atoms with van der Waals surface area (Å²) in [6.45, 7) is 2.22. The predicted molar refractivity (Wildman–Crippen MR) is 96.2 cm³/mol. The van der Waals surface area contributed by atoms with Crippen LogP contribution in [0.25, 0.3) is 0 Å². The van der Waals surface area contributed by atoms with Crippen LogP contribution in [-0.4, -0.2) is 34.8 Å². The molecule has 1 aliphatic rings. The number of hydrogen-bond acceptors (Lipinski definition) is 4. The molecule has 1 aromatic heterocycles. The molecule has 0 N–H and O–H groups in total. The topological polar surface area (TPSA) is 54.1 Å². The van der Waals surface area contributed by atoms with Crippen LogP contribution in [0.15, 0.2) is 24.4 Å². The van der Waals surface area contributed by atoms with Gasteiger partial charge in [-0.2, -0.15) is 5.26 Å². The highest BCUT2D eigenvalue weighted by molar-refractivity contribution is 14.1. The number of nitrogens with zero attached hydrogens (tertiary/aromatic N) is 4. The molecule has 126 valence electrons. The molecule has 0 saturated carbocycles. The molecule has 0 aliphatic carbocycles. The number of piperidine rings is 1. The van der Waals surface area contributed by atoms with Crippen molar-refractivity contribution in [1.29, 1.82) is 5.26 Å². The number of ether oxygens (including phenoxy) is 1. The Morgan fingerprint density at radius 3 is 2.83 bits per heavy atom. The molecule has 0 spiro atoms. The molecule has 24 heavy (non-hydrogen) atoms. The SMILES string of the molecule is CN1CCC(n2cc(I)c(OCc3ccc(C#N)cc3F)n2)CC1. The molecule has 7 heteroatoms. The van der Waals surface area contributed by atoms with Gasteiger partial charge in [-0.3, -0.25) is 4.68 Å². The number of likely N-dealkylation sites (tertiary alicyclic amines) is 1. The fraction of sp³-hybridized carbons (Fsp3) is 0.412. The number of nitriles is 1. The zero-order valence-corrected chi connectivity index (χ0v) is 15.5. The van der Waals surface area contributed by atoms with Gasteiger partial charge in [-0.1, -0.05) is 6.07 Å². The second-order valence-corrected chi connectivity index (χ2v) is 7.17. The first-order valence-electron chi connectivity index (χ1n) is 7.81. The Morgan fingerprint density at radius 1 is 1.42 bits per heavy atom. The van der Waals surface area contributed by atoms with Crippen molar-refractivity contribution in [3.05, 3.63) is 44.9 Å². The minimum Gasteiger partial charge on any atom is -0.471 e. The van der Waals surface area contributed by atoms with E-state index in [1.165, 1.54) is 6.07 Å². The van der Waals surface area contributed by atoms with E-state index in [1.54, 1.807) is 12.1 Å². The van der Waals surface area contributed by atoms with Gasteiger partial charge in [0.25, 0.3) is 0 Å². The van der Waals surface area contributed by atoms with Crippen molar-refractivity contribution in [2.24, 2.45) is 0 Å². The normalized spacial score (nSPS) is 16.1. The van der Waals surface area contributed by atoms with Gasteiger partial charge in [0.15, 0.2) is 0 Å². The second kappa shape index (κ2) is 7.49. The van der Waals surface area contributed by atoms with Gasteiger partial charge in [0, 0.05) is 11.8 Å². The highest BCUT2D eigenvalue weighted by Crippen LogP contribution is 2.26. The summed E-state index contributed by atoms with van der Waals surface area (Å²) < 4.78 is 22.5. The van der Waals surface area contributed by atoms with Crippen molar-refractivity contribution in [2.45, 2.75) is 25.5 Å². The maximum absolute atomic E-state index is 13.9. The maximum atomic E-state index is 13.9. The van der Waals surface area contributed by atoms with Crippen molar-refractivity contribution in [3.63, 3.8) is 0 Å². The van der Waals surface area contributed by atoms with Gasteiger partial charge >= 0.3 is 0 Å². The Bertz CT molecular complexity index is 762. The quantitative estimate of drug-likeness (QED) is 0.685. The Labute approximate surface area is 154 Å². The molecule has 1 fully saturated rings. The fourth-order valence-corrected chi connectivity index (χ4v) is 3.33. The molecule has 3 rings (SSSR count). The standard InChI is InChI=1S/C17H18FIN4O/c1-22-6-4-14(5-7-22)23-10-16(19)17(21-23)24-11-13-3-2-12(9-20)8-15(13)18/h2-3,8,10,14H,4-7,11H2,1H3. The number of halogens is 2. The van der Waals surface area contributed by atoms with Gasteiger partial charge in [0.2, 0.25) is 5.88 Å². The monoisotopic (exact) mass is 440 g/mol. The van der Waals surface area contributed by atoms with Gasteiger partial charge in [-0.05, 0) is 67.7 Å². The first kappa shape index (κ1) is 17.2. The van der Waals surface area contributed by atoms with E-state index in [1.807, 2.05) is 16.9 Å². The highest BCUT2D eigenvalue weighted by atomic mass is 127. The largest absolute Gasteiger partial charge is 0.471 e. The minimum atomic E-state index is -0.432. The third-order valence-electron chi connectivity index (χ3n) is 4.26. The summed E-state index contributed by atoms with van der Waals surface area (Å²) in [6.07, 6.45) is 4.12. The smallest absolute Gasteiger partial charge is 0.246 e. The average Bonchev–Trinajstić information content (AvgIpc) is 2.95. The Kier molecular flexibility index (Phi) is 5.36. The molecule has 5 nitrogen and oxygen atoms in total. The zero-order chi connectivity index (χ0) is 17.1. The molecule has 2 aromatic rings. The van der Waals surface area contributed by atoms with E-state index in [9.17, 15) is 4.39 Å². The van der Waals surface area contributed by atoms with Crippen LogP contribution in [-0.2, 0) is 6.61 Å². The maximum Gasteiger partial charge on any atom is 0.246 e. The molecule has 1 aromatic carbocycles. The minimum absolute atomic E-state index is 0.0952. The van der Waals surface area contributed by atoms with Crippen molar-refractivity contribution >= 4 is 22.6 Å². The van der Waals surface area contributed by atoms with E-state index >= 15 is 0 Å². The number of aromatic nitrogens is 2. The summed E-state index contributed by atoms with van der Waals surface area (Å²) in [5.41, 5.74) is 0.719. The van der Waals surface area contributed by atoms with Crippen LogP contribution in [0.2, 0.25) is 0 Å². The van der Waals surface area contributed by atoms with Crippen LogP contribution in [0.3, 0.4) is 0 Å². The molecule has 0 bridgehead atoms. The van der Waals surface area contributed by atoms with Gasteiger partial charge in [-0.15, -0.1) is 5.10 Å². The number of rotatable bonds is 4. The van der Waals surface area contributed by atoms with E-state index in [0.717, 1.165) is 29.5 Å². The molecule has 0 radical (unpaired) electrons. The zero-order valence-electron chi connectivity index (χ0n) is 13.4. The molecule has 2 heterocycles. The first-order valence-corrected chi connectivity index (χ1v) is 8.89. The second-order valence-electron chi connectivity index (χ2n) is 6.00. The lowest BCUT2D eigenvalue weighted by Gasteiger charge is -2.28. The van der Waals surface area contributed by atoms with E-state index in [-0.39, 0.29) is 6.61 Å². The van der Waals surface area contributed by atoms with Crippen LogP contribution in [0.4, 0.5) is 4.39 Å². The Balaban J connectivity index is 1.67. The summed E-state index contributed by atoms with van der Waals surface area (Å²) in [5, 5.41) is 13.3. The molecule has 0 unspecified atom stereocenters. The molecular formula is C17H18FIN4O. The number of hydrogen-bond donors (Lipinski definition) is 0. The van der Waals surface area contributed by atoms with Crippen molar-refractivity contribution in [2.75, 3.05) is 20.1 Å². The summed E-state index contributed by atoms with van der Waals surface area (Å²) in [5.74, 6) is 0.0945. The van der Waals surface area contributed by atoms with Gasteiger partial charge in [0.05, 0.1) is 21.2 Å². The van der Waals surface area contributed by atoms with Crippen LogP contribution in [0.1, 0.15) is 30.0 Å². The summed E-state index contributed by atoms with van der Waals surface area (Å²) in [6, 6.07) is 6.70. The lowest BCUT2D eigenvalue weighted by molar-refractivity contribution is 0.208.